The fourth-order valence-electron chi connectivity index (χ4n) is 0.975. The average molecular weight is 174 g/mol. The normalized spacial score (nSPS) is 36.0. The molecule has 0 aliphatic carbocycles. The second-order valence-corrected chi connectivity index (χ2v) is 4.43. The zero-order valence-electron chi connectivity index (χ0n) is 6.28. The fourth-order valence-corrected chi connectivity index (χ4v) is 2.29. The maximum atomic E-state index is 10.8. The Balaban J connectivity index is 2.76. The first kappa shape index (κ1) is 8.57. The van der Waals surface area contributed by atoms with Gasteiger partial charge in [-0.1, -0.05) is 12.8 Å². The van der Waals surface area contributed by atoms with E-state index in [4.69, 9.17) is 6.42 Å². The van der Waals surface area contributed by atoms with Crippen molar-refractivity contribution >= 4 is 10.1 Å². The monoisotopic (exact) mass is 174 g/mol. The minimum absolute atomic E-state index is 0.0896. The second kappa shape index (κ2) is 2.84. The van der Waals surface area contributed by atoms with Crippen molar-refractivity contribution in [1.82, 2.24) is 0 Å². The third kappa shape index (κ3) is 1.95. The molecule has 0 radical (unpaired) electrons. The van der Waals surface area contributed by atoms with Gasteiger partial charge in [0.05, 0.1) is 5.75 Å². The van der Waals surface area contributed by atoms with Crippen molar-refractivity contribution in [2.24, 2.45) is 5.92 Å². The van der Waals surface area contributed by atoms with Gasteiger partial charge in [0, 0.05) is 0 Å². The van der Waals surface area contributed by atoms with E-state index in [1.54, 1.807) is 0 Å². The Kier molecular flexibility index (Phi) is 2.21. The molecular weight excluding hydrogens is 164 g/mol. The van der Waals surface area contributed by atoms with Gasteiger partial charge < -0.3 is 0 Å². The first-order valence-corrected chi connectivity index (χ1v) is 5.00. The lowest BCUT2D eigenvalue weighted by atomic mass is 10.0. The molecule has 0 aromatic heterocycles. The summed E-state index contributed by atoms with van der Waals surface area (Å²) in [6.45, 7) is 1.89. The molecule has 0 saturated carbocycles. The minimum atomic E-state index is -3.32. The Hall–Kier alpha value is -0.530. The number of terminal acetylenes is 1. The van der Waals surface area contributed by atoms with Gasteiger partial charge in [0.25, 0.3) is 10.1 Å². The van der Waals surface area contributed by atoms with E-state index in [1.165, 1.54) is 0 Å². The van der Waals surface area contributed by atoms with Gasteiger partial charge in [-0.05, 0) is 12.3 Å². The van der Waals surface area contributed by atoms with Crippen LogP contribution in [0.4, 0.5) is 0 Å². The van der Waals surface area contributed by atoms with Crippen LogP contribution in [-0.4, -0.2) is 20.3 Å². The highest BCUT2D eigenvalue weighted by atomic mass is 32.2. The van der Waals surface area contributed by atoms with E-state index < -0.39 is 16.2 Å². The molecule has 62 valence electrons. The SMILES string of the molecule is C#CC1OS(=O)(=O)CCC1C. The molecule has 1 rings (SSSR count). The van der Waals surface area contributed by atoms with Gasteiger partial charge in [-0.15, -0.1) is 6.42 Å². The molecular formula is C7H10O3S. The van der Waals surface area contributed by atoms with Crippen LogP contribution in [0.3, 0.4) is 0 Å². The van der Waals surface area contributed by atoms with Crippen LogP contribution in [0.5, 0.6) is 0 Å². The molecule has 0 aromatic rings. The summed E-state index contributed by atoms with van der Waals surface area (Å²) in [4.78, 5) is 0. The molecule has 2 atom stereocenters. The molecule has 1 aliphatic rings. The van der Waals surface area contributed by atoms with Gasteiger partial charge >= 0.3 is 0 Å². The van der Waals surface area contributed by atoms with Gasteiger partial charge in [-0.25, -0.2) is 0 Å². The van der Waals surface area contributed by atoms with Crippen molar-refractivity contribution in [1.29, 1.82) is 0 Å². The predicted octanol–water partition coefficient (Wildman–Crippen LogP) is 0.374. The lowest BCUT2D eigenvalue weighted by molar-refractivity contribution is 0.181. The Morgan fingerprint density at radius 3 is 2.73 bits per heavy atom. The van der Waals surface area contributed by atoms with Gasteiger partial charge in [0.1, 0.15) is 6.10 Å². The van der Waals surface area contributed by atoms with E-state index >= 15 is 0 Å². The van der Waals surface area contributed by atoms with E-state index in [9.17, 15) is 8.42 Å². The maximum absolute atomic E-state index is 10.8. The quantitative estimate of drug-likeness (QED) is 0.394. The first-order chi connectivity index (χ1) is 5.05. The van der Waals surface area contributed by atoms with Crippen molar-refractivity contribution in [3.05, 3.63) is 0 Å². The van der Waals surface area contributed by atoms with Crippen LogP contribution in [0.15, 0.2) is 0 Å². The van der Waals surface area contributed by atoms with Gasteiger partial charge in [0.2, 0.25) is 0 Å². The molecule has 11 heavy (non-hydrogen) atoms. The summed E-state index contributed by atoms with van der Waals surface area (Å²) < 4.78 is 26.4. The average Bonchev–Trinajstić information content (AvgIpc) is 1.94. The first-order valence-electron chi connectivity index (χ1n) is 3.42. The van der Waals surface area contributed by atoms with Crippen molar-refractivity contribution in [3.8, 4) is 12.3 Å². The number of rotatable bonds is 0. The summed E-state index contributed by atoms with van der Waals surface area (Å²) in [6, 6.07) is 0. The third-order valence-electron chi connectivity index (χ3n) is 1.75. The predicted molar refractivity (Wildman–Crippen MR) is 41.3 cm³/mol. The van der Waals surface area contributed by atoms with Crippen molar-refractivity contribution in [2.45, 2.75) is 19.4 Å². The second-order valence-electron chi connectivity index (χ2n) is 2.71. The van der Waals surface area contributed by atoms with E-state index in [-0.39, 0.29) is 11.7 Å². The van der Waals surface area contributed by atoms with Crippen LogP contribution in [0.2, 0.25) is 0 Å². The molecule has 1 aliphatic heterocycles. The third-order valence-corrected chi connectivity index (χ3v) is 2.99. The summed E-state index contributed by atoms with van der Waals surface area (Å²) in [6.07, 6.45) is 5.11. The van der Waals surface area contributed by atoms with E-state index in [0.717, 1.165) is 0 Å². The summed E-state index contributed by atoms with van der Waals surface area (Å²) in [5.41, 5.74) is 0. The summed E-state index contributed by atoms with van der Waals surface area (Å²) in [5, 5.41) is 0. The maximum Gasteiger partial charge on any atom is 0.268 e. The minimum Gasteiger partial charge on any atom is -0.253 e. The van der Waals surface area contributed by atoms with E-state index in [0.29, 0.717) is 6.42 Å². The lowest BCUT2D eigenvalue weighted by Crippen LogP contribution is -2.32. The smallest absolute Gasteiger partial charge is 0.253 e. The fraction of sp³-hybridized carbons (Fsp3) is 0.714. The van der Waals surface area contributed by atoms with Crippen molar-refractivity contribution in [2.75, 3.05) is 5.75 Å². The highest BCUT2D eigenvalue weighted by molar-refractivity contribution is 7.86. The highest BCUT2D eigenvalue weighted by Crippen LogP contribution is 2.21. The van der Waals surface area contributed by atoms with Crippen LogP contribution in [0.25, 0.3) is 0 Å². The molecule has 0 amide bonds. The zero-order chi connectivity index (χ0) is 8.48. The number of hydrogen-bond acceptors (Lipinski definition) is 3. The standard InChI is InChI=1S/C7H10O3S/c1-3-7-6(2)4-5-11(8,9)10-7/h1,6-7H,4-5H2,2H3. The molecule has 0 aromatic carbocycles. The lowest BCUT2D eigenvalue weighted by Gasteiger charge is -2.23. The van der Waals surface area contributed by atoms with Crippen LogP contribution in [-0.2, 0) is 14.3 Å². The molecule has 0 N–H and O–H groups in total. The molecule has 0 bridgehead atoms. The Morgan fingerprint density at radius 1 is 1.64 bits per heavy atom. The number of hydrogen-bond donors (Lipinski definition) is 0. The summed E-state index contributed by atoms with van der Waals surface area (Å²) >= 11 is 0. The Labute approximate surface area is 66.9 Å². The molecule has 2 unspecified atom stereocenters. The zero-order valence-corrected chi connectivity index (χ0v) is 7.10. The van der Waals surface area contributed by atoms with Gasteiger partial charge in [-0.3, -0.25) is 4.18 Å². The van der Waals surface area contributed by atoms with E-state index in [2.05, 4.69) is 10.1 Å². The Bertz CT molecular complexity index is 273. The molecule has 0 spiro atoms. The van der Waals surface area contributed by atoms with Gasteiger partial charge in [-0.2, -0.15) is 8.42 Å². The van der Waals surface area contributed by atoms with Crippen molar-refractivity contribution < 1.29 is 12.6 Å². The Morgan fingerprint density at radius 2 is 2.27 bits per heavy atom. The van der Waals surface area contributed by atoms with Gasteiger partial charge in [0.15, 0.2) is 0 Å². The highest BCUT2D eigenvalue weighted by Gasteiger charge is 2.29. The topological polar surface area (TPSA) is 43.4 Å². The van der Waals surface area contributed by atoms with Crippen molar-refractivity contribution in [3.63, 3.8) is 0 Å². The molecule has 4 heteroatoms. The van der Waals surface area contributed by atoms with E-state index in [1.807, 2.05) is 6.92 Å². The van der Waals surface area contributed by atoms with Crippen LogP contribution in [0, 0.1) is 18.3 Å². The molecule has 1 fully saturated rings. The molecule has 1 saturated heterocycles. The molecule has 3 nitrogen and oxygen atoms in total. The van der Waals surface area contributed by atoms with Crippen LogP contribution >= 0.6 is 0 Å². The largest absolute Gasteiger partial charge is 0.268 e. The van der Waals surface area contributed by atoms with Crippen LogP contribution < -0.4 is 0 Å². The molecule has 1 heterocycles. The van der Waals surface area contributed by atoms with Crippen LogP contribution in [0.1, 0.15) is 13.3 Å². The summed E-state index contributed by atoms with van der Waals surface area (Å²) in [7, 11) is -3.32. The summed E-state index contributed by atoms with van der Waals surface area (Å²) in [5.74, 6) is 2.54.